The maximum atomic E-state index is 7.14. The van der Waals surface area contributed by atoms with Crippen molar-refractivity contribution >= 4 is 32.3 Å². The molecule has 10 aromatic carbocycles. The summed E-state index contributed by atoms with van der Waals surface area (Å²) in [5, 5.41) is 4.85. The topological polar surface area (TPSA) is 55.4 Å². The zero-order chi connectivity index (χ0) is 40.1. The minimum Gasteiger partial charge on any atom is -0.453 e. The smallest absolute Gasteiger partial charge is 0.216 e. The summed E-state index contributed by atoms with van der Waals surface area (Å²) >= 11 is 0. The van der Waals surface area contributed by atoms with E-state index in [1.807, 2.05) is 200 Å². The Bertz CT molecular complexity index is 3030. The van der Waals surface area contributed by atoms with Crippen LogP contribution in [0.5, 0.6) is 69.0 Å². The van der Waals surface area contributed by atoms with Gasteiger partial charge in [0.2, 0.25) is 11.5 Å². The first kappa shape index (κ1) is 36.1. The highest BCUT2D eigenvalue weighted by atomic mass is 16.6. The van der Waals surface area contributed by atoms with Crippen molar-refractivity contribution in [3.05, 3.63) is 218 Å². The van der Waals surface area contributed by atoms with Gasteiger partial charge in [0, 0.05) is 16.2 Å². The first-order valence-electron chi connectivity index (χ1n) is 19.7. The zero-order valence-corrected chi connectivity index (χ0v) is 32.2. The van der Waals surface area contributed by atoms with Gasteiger partial charge in [0.05, 0.1) is 0 Å². The number of rotatable bonds is 12. The molecule has 60 heavy (non-hydrogen) atoms. The van der Waals surface area contributed by atoms with Gasteiger partial charge in [0.15, 0.2) is 23.0 Å². The molecule has 0 amide bonds. The average Bonchev–Trinajstić information content (AvgIpc) is 3.31. The van der Waals surface area contributed by atoms with E-state index in [-0.39, 0.29) is 0 Å². The van der Waals surface area contributed by atoms with Crippen molar-refractivity contribution in [3.63, 3.8) is 0 Å². The normalized spacial score (nSPS) is 11.0. The van der Waals surface area contributed by atoms with Gasteiger partial charge in [-0.15, -0.1) is 0 Å². The molecule has 0 bridgehead atoms. The molecule has 10 rings (SSSR count). The molecular weight excluding hydrogens is 745 g/mol. The summed E-state index contributed by atoms with van der Waals surface area (Å²) in [4.78, 5) is 0. The average molecular weight is 781 g/mol. The molecule has 0 N–H and O–H groups in total. The molecule has 0 spiro atoms. The summed E-state index contributed by atoms with van der Waals surface area (Å²) in [7, 11) is 0. The lowest BCUT2D eigenvalue weighted by Gasteiger charge is -2.25. The summed E-state index contributed by atoms with van der Waals surface area (Å²) in [6.07, 6.45) is 0. The summed E-state index contributed by atoms with van der Waals surface area (Å²) in [5.74, 6) is 6.01. The number of benzene rings is 10. The lowest BCUT2D eigenvalue weighted by molar-refractivity contribution is 0.371. The second-order valence-electron chi connectivity index (χ2n) is 13.9. The molecule has 10 aromatic rings. The van der Waals surface area contributed by atoms with E-state index in [1.165, 1.54) is 0 Å². The fraction of sp³-hybridized carbons (Fsp3) is 0. The lowest BCUT2D eigenvalue weighted by atomic mass is 9.91. The van der Waals surface area contributed by atoms with Gasteiger partial charge < -0.3 is 28.4 Å². The Kier molecular flexibility index (Phi) is 9.84. The van der Waals surface area contributed by atoms with Crippen molar-refractivity contribution in [2.75, 3.05) is 0 Å². The summed E-state index contributed by atoms with van der Waals surface area (Å²) < 4.78 is 41.9. The number of hydrogen-bond donors (Lipinski definition) is 0. The van der Waals surface area contributed by atoms with Crippen molar-refractivity contribution in [2.24, 2.45) is 0 Å². The minimum atomic E-state index is 0.295. The van der Waals surface area contributed by atoms with Crippen LogP contribution in [0.3, 0.4) is 0 Å². The lowest BCUT2D eigenvalue weighted by Crippen LogP contribution is -2.01. The molecule has 0 aliphatic heterocycles. The van der Waals surface area contributed by atoms with Crippen LogP contribution in [0.4, 0.5) is 0 Å². The van der Waals surface area contributed by atoms with E-state index in [1.54, 1.807) is 0 Å². The van der Waals surface area contributed by atoms with Gasteiger partial charge in [-0.25, -0.2) is 0 Å². The van der Waals surface area contributed by atoms with Crippen LogP contribution < -0.4 is 28.4 Å². The fourth-order valence-corrected chi connectivity index (χ4v) is 7.34. The zero-order valence-electron chi connectivity index (χ0n) is 32.2. The molecule has 0 aliphatic carbocycles. The Morgan fingerprint density at radius 1 is 0.183 bits per heavy atom. The van der Waals surface area contributed by atoms with Crippen molar-refractivity contribution in [1.29, 1.82) is 0 Å². The maximum Gasteiger partial charge on any atom is 0.216 e. The van der Waals surface area contributed by atoms with Gasteiger partial charge in [-0.2, -0.15) is 0 Å². The van der Waals surface area contributed by atoms with Crippen LogP contribution in [-0.2, 0) is 0 Å². The second-order valence-corrected chi connectivity index (χ2v) is 13.9. The number of fused-ring (bicyclic) bond motifs is 6. The van der Waals surface area contributed by atoms with E-state index < -0.39 is 0 Å². The van der Waals surface area contributed by atoms with Crippen molar-refractivity contribution in [1.82, 2.24) is 0 Å². The Morgan fingerprint density at radius 3 is 0.883 bits per heavy atom. The summed E-state index contributed by atoms with van der Waals surface area (Å²) in [6, 6.07) is 70.2. The van der Waals surface area contributed by atoms with Gasteiger partial charge >= 0.3 is 0 Å². The molecule has 288 valence electrons. The van der Waals surface area contributed by atoms with Gasteiger partial charge in [-0.3, -0.25) is 0 Å². The highest BCUT2D eigenvalue weighted by molar-refractivity contribution is 6.31. The molecule has 0 heterocycles. The number of para-hydroxylation sites is 6. The third kappa shape index (κ3) is 7.25. The van der Waals surface area contributed by atoms with Crippen LogP contribution in [0.15, 0.2) is 218 Å². The van der Waals surface area contributed by atoms with E-state index in [2.05, 4.69) is 18.2 Å². The van der Waals surface area contributed by atoms with E-state index in [0.29, 0.717) is 85.2 Å². The van der Waals surface area contributed by atoms with Crippen LogP contribution >= 0.6 is 0 Å². The van der Waals surface area contributed by atoms with Gasteiger partial charge in [0.25, 0.3) is 0 Å². The molecular formula is C54H36O6. The molecule has 0 aromatic heterocycles. The molecule has 0 unspecified atom stereocenters. The van der Waals surface area contributed by atoms with Gasteiger partial charge in [-0.05, 0) is 101 Å². The van der Waals surface area contributed by atoms with Crippen LogP contribution in [-0.4, -0.2) is 0 Å². The van der Waals surface area contributed by atoms with Crippen LogP contribution in [0.1, 0.15) is 0 Å². The molecule has 0 saturated carbocycles. The quantitative estimate of drug-likeness (QED) is 0.115. The fourth-order valence-electron chi connectivity index (χ4n) is 7.34. The van der Waals surface area contributed by atoms with Gasteiger partial charge in [0.1, 0.15) is 34.5 Å². The van der Waals surface area contributed by atoms with Crippen LogP contribution in [0.25, 0.3) is 32.3 Å². The van der Waals surface area contributed by atoms with Crippen LogP contribution in [0.2, 0.25) is 0 Å². The van der Waals surface area contributed by atoms with Crippen molar-refractivity contribution in [2.45, 2.75) is 0 Å². The highest BCUT2D eigenvalue weighted by Gasteiger charge is 2.32. The Balaban J connectivity index is 1.42. The van der Waals surface area contributed by atoms with E-state index in [4.69, 9.17) is 28.4 Å². The third-order valence-electron chi connectivity index (χ3n) is 9.97. The standard InChI is InChI=1S/C54H36O6/c1-7-21-37(22-8-1)55-46-36-35-45-43-33-19-20-34-44(43)48-49(47(45)50(46)56-38-23-9-2-10-24-38)52(58-40-27-13-4-14-28-40)54(60-42-31-17-6-18-32-42)53(59-41-29-15-5-16-30-41)51(48)57-39-25-11-3-12-26-39/h1-36H. The molecule has 0 aliphatic rings. The highest BCUT2D eigenvalue weighted by Crippen LogP contribution is 2.60. The molecule has 0 saturated heterocycles. The summed E-state index contributed by atoms with van der Waals surface area (Å²) in [6.45, 7) is 0. The van der Waals surface area contributed by atoms with Crippen molar-refractivity contribution in [3.8, 4) is 69.0 Å². The molecule has 6 heteroatoms. The molecule has 0 fully saturated rings. The minimum absolute atomic E-state index is 0.295. The molecule has 6 nitrogen and oxygen atoms in total. The number of hydrogen-bond acceptors (Lipinski definition) is 6. The maximum absolute atomic E-state index is 7.14. The summed E-state index contributed by atoms with van der Waals surface area (Å²) in [5.41, 5.74) is 0. The third-order valence-corrected chi connectivity index (χ3v) is 9.97. The Hall–Kier alpha value is -8.22. The Labute approximate surface area is 347 Å². The van der Waals surface area contributed by atoms with E-state index in [9.17, 15) is 0 Å². The predicted molar refractivity (Wildman–Crippen MR) is 238 cm³/mol. The first-order chi connectivity index (χ1) is 29.8. The molecule has 0 radical (unpaired) electrons. The van der Waals surface area contributed by atoms with E-state index in [0.717, 1.165) is 16.2 Å². The largest absolute Gasteiger partial charge is 0.453 e. The predicted octanol–water partition coefficient (Wildman–Crippen LogP) is 15.9. The first-order valence-corrected chi connectivity index (χ1v) is 19.7. The molecule has 0 atom stereocenters. The van der Waals surface area contributed by atoms with Crippen LogP contribution in [0, 0.1) is 0 Å². The monoisotopic (exact) mass is 780 g/mol. The van der Waals surface area contributed by atoms with Gasteiger partial charge in [-0.1, -0.05) is 133 Å². The van der Waals surface area contributed by atoms with Crippen molar-refractivity contribution < 1.29 is 28.4 Å². The Morgan fingerprint density at radius 2 is 0.467 bits per heavy atom. The number of ether oxygens (including phenoxy) is 6. The van der Waals surface area contributed by atoms with E-state index >= 15 is 0 Å². The second kappa shape index (κ2) is 16.3. The SMILES string of the molecule is c1ccc(Oc2ccc3c4ccccc4c4c(Oc5ccccc5)c(Oc5ccccc5)c(Oc5ccccc5)c(Oc5ccccc5)c4c3c2Oc2ccccc2)cc1.